The molecule has 2 N–H and O–H groups in total. The molecule has 1 rings (SSSR count). The van der Waals surface area contributed by atoms with E-state index >= 15 is 0 Å². The van der Waals surface area contributed by atoms with E-state index in [-0.39, 0.29) is 12.2 Å². The fourth-order valence-electron chi connectivity index (χ4n) is 1.09. The van der Waals surface area contributed by atoms with E-state index in [9.17, 15) is 9.90 Å². The summed E-state index contributed by atoms with van der Waals surface area (Å²) >= 11 is 3.28. The quantitative estimate of drug-likeness (QED) is 0.809. The van der Waals surface area contributed by atoms with Crippen molar-refractivity contribution >= 4 is 27.5 Å². The van der Waals surface area contributed by atoms with Gasteiger partial charge in [0.2, 0.25) is 5.91 Å². The van der Waals surface area contributed by atoms with Gasteiger partial charge in [0.1, 0.15) is 12.2 Å². The van der Waals surface area contributed by atoms with E-state index in [4.69, 9.17) is 5.26 Å². The molecule has 4 nitrogen and oxygen atoms in total. The van der Waals surface area contributed by atoms with Crippen LogP contribution in [0.2, 0.25) is 0 Å². The van der Waals surface area contributed by atoms with Gasteiger partial charge in [-0.3, -0.25) is 4.79 Å². The van der Waals surface area contributed by atoms with Crippen LogP contribution in [-0.2, 0) is 4.79 Å². The molecular formula is C10H9BrN2O2. The van der Waals surface area contributed by atoms with Crippen LogP contribution >= 0.6 is 15.9 Å². The van der Waals surface area contributed by atoms with Gasteiger partial charge in [0.15, 0.2) is 0 Å². The summed E-state index contributed by atoms with van der Waals surface area (Å²) < 4.78 is 0.785. The second-order valence-electron chi connectivity index (χ2n) is 2.95. The molecule has 0 radical (unpaired) electrons. The van der Waals surface area contributed by atoms with Crippen LogP contribution in [0.4, 0.5) is 5.69 Å². The van der Waals surface area contributed by atoms with E-state index in [1.165, 1.54) is 6.07 Å². The smallest absolute Gasteiger partial charge is 0.238 e. The topological polar surface area (TPSA) is 73.1 Å². The van der Waals surface area contributed by atoms with Crippen molar-refractivity contribution in [2.24, 2.45) is 0 Å². The third kappa shape index (κ3) is 2.70. The van der Waals surface area contributed by atoms with Crippen molar-refractivity contribution in [2.45, 2.75) is 13.3 Å². The number of nitrogens with one attached hydrogen (secondary N) is 1. The van der Waals surface area contributed by atoms with Crippen molar-refractivity contribution in [2.75, 3.05) is 5.32 Å². The van der Waals surface area contributed by atoms with E-state index in [0.717, 1.165) is 10.0 Å². The highest BCUT2D eigenvalue weighted by molar-refractivity contribution is 9.10. The molecule has 1 aromatic carbocycles. The number of benzene rings is 1. The highest BCUT2D eigenvalue weighted by Gasteiger charge is 2.10. The zero-order valence-electron chi connectivity index (χ0n) is 8.04. The highest BCUT2D eigenvalue weighted by atomic mass is 79.9. The third-order valence-electron chi connectivity index (χ3n) is 1.88. The molecule has 0 unspecified atom stereocenters. The van der Waals surface area contributed by atoms with Crippen molar-refractivity contribution in [1.82, 2.24) is 0 Å². The molecule has 0 aliphatic heterocycles. The number of rotatable bonds is 2. The van der Waals surface area contributed by atoms with Gasteiger partial charge in [-0.2, -0.15) is 5.26 Å². The molecule has 0 atom stereocenters. The number of hydrogen-bond acceptors (Lipinski definition) is 3. The first-order valence-electron chi connectivity index (χ1n) is 4.21. The van der Waals surface area contributed by atoms with Gasteiger partial charge in [0.25, 0.3) is 0 Å². The number of carbonyl (C=O) groups is 1. The van der Waals surface area contributed by atoms with E-state index in [0.29, 0.717) is 5.69 Å². The monoisotopic (exact) mass is 268 g/mol. The summed E-state index contributed by atoms with van der Waals surface area (Å²) in [4.78, 5) is 11.2. The van der Waals surface area contributed by atoms with Crippen molar-refractivity contribution in [3.05, 3.63) is 22.2 Å². The Balaban J connectivity index is 3.00. The number of hydrogen-bond donors (Lipinski definition) is 2. The predicted octanol–water partition coefficient (Wildman–Crippen LogP) is 2.32. The molecule has 0 fully saturated rings. The van der Waals surface area contributed by atoms with Gasteiger partial charge in [-0.05, 0) is 24.6 Å². The lowest BCUT2D eigenvalue weighted by atomic mass is 10.2. The first-order valence-corrected chi connectivity index (χ1v) is 5.00. The molecule has 0 spiro atoms. The number of phenols is 1. The Kier molecular flexibility index (Phi) is 3.69. The van der Waals surface area contributed by atoms with Gasteiger partial charge >= 0.3 is 0 Å². The van der Waals surface area contributed by atoms with E-state index < -0.39 is 5.91 Å². The first kappa shape index (κ1) is 11.5. The Bertz CT molecular complexity index is 438. The molecule has 5 heteroatoms. The van der Waals surface area contributed by atoms with Crippen LogP contribution < -0.4 is 5.32 Å². The van der Waals surface area contributed by atoms with Crippen LogP contribution in [0.25, 0.3) is 0 Å². The van der Waals surface area contributed by atoms with Gasteiger partial charge in [-0.15, -0.1) is 0 Å². The highest BCUT2D eigenvalue weighted by Crippen LogP contribution is 2.32. The lowest BCUT2D eigenvalue weighted by molar-refractivity contribution is -0.115. The van der Waals surface area contributed by atoms with E-state index in [2.05, 4.69) is 21.2 Å². The molecule has 1 aromatic rings. The molecular weight excluding hydrogens is 260 g/mol. The zero-order chi connectivity index (χ0) is 11.4. The first-order chi connectivity index (χ1) is 7.06. The largest absolute Gasteiger partial charge is 0.506 e. The number of amides is 1. The second-order valence-corrected chi connectivity index (χ2v) is 3.80. The maximum absolute atomic E-state index is 11.2. The van der Waals surface area contributed by atoms with Gasteiger partial charge in [0.05, 0.1) is 11.8 Å². The SMILES string of the molecule is Cc1c(Br)ccc(O)c1NC(=O)CC#N. The summed E-state index contributed by atoms with van der Waals surface area (Å²) in [5.74, 6) is -0.448. The van der Waals surface area contributed by atoms with E-state index in [1.807, 2.05) is 0 Å². The minimum atomic E-state index is -0.436. The maximum Gasteiger partial charge on any atom is 0.238 e. The number of halogens is 1. The molecule has 78 valence electrons. The molecule has 0 aromatic heterocycles. The average molecular weight is 269 g/mol. The molecule has 0 aliphatic rings. The lowest BCUT2D eigenvalue weighted by Gasteiger charge is -2.10. The maximum atomic E-state index is 11.2. The minimum absolute atomic E-state index is 0.0120. The average Bonchev–Trinajstić information content (AvgIpc) is 2.19. The zero-order valence-corrected chi connectivity index (χ0v) is 9.63. The van der Waals surface area contributed by atoms with Crippen LogP contribution in [-0.4, -0.2) is 11.0 Å². The number of nitrogens with zero attached hydrogens (tertiary/aromatic N) is 1. The van der Waals surface area contributed by atoms with Crippen LogP contribution in [0.3, 0.4) is 0 Å². The summed E-state index contributed by atoms with van der Waals surface area (Å²) in [5, 5.41) is 20.3. The number of carbonyl (C=O) groups excluding carboxylic acids is 1. The second kappa shape index (κ2) is 4.80. The van der Waals surface area contributed by atoms with Crippen LogP contribution in [0, 0.1) is 18.3 Å². The van der Waals surface area contributed by atoms with E-state index in [1.54, 1.807) is 19.1 Å². The summed E-state index contributed by atoms with van der Waals surface area (Å²) in [6, 6.07) is 4.89. The van der Waals surface area contributed by atoms with Crippen molar-refractivity contribution in [3.63, 3.8) is 0 Å². The van der Waals surface area contributed by atoms with Crippen LogP contribution in [0.5, 0.6) is 5.75 Å². The van der Waals surface area contributed by atoms with Crippen molar-refractivity contribution in [1.29, 1.82) is 5.26 Å². The third-order valence-corrected chi connectivity index (χ3v) is 2.74. The molecule has 0 saturated carbocycles. The standard InChI is InChI=1S/C10H9BrN2O2/c1-6-7(11)2-3-8(14)10(6)13-9(15)4-5-12/h2-3,14H,4H2,1H3,(H,13,15). The fraction of sp³-hybridized carbons (Fsp3) is 0.200. The molecule has 0 heterocycles. The Hall–Kier alpha value is -1.54. The van der Waals surface area contributed by atoms with Gasteiger partial charge in [-0.25, -0.2) is 0 Å². The van der Waals surface area contributed by atoms with Crippen LogP contribution in [0.15, 0.2) is 16.6 Å². The molecule has 15 heavy (non-hydrogen) atoms. The summed E-state index contributed by atoms with van der Waals surface area (Å²) in [7, 11) is 0. The van der Waals surface area contributed by atoms with Crippen molar-refractivity contribution < 1.29 is 9.90 Å². The predicted molar refractivity (Wildman–Crippen MR) is 59.4 cm³/mol. The normalized spacial score (nSPS) is 9.40. The van der Waals surface area contributed by atoms with Crippen molar-refractivity contribution in [3.8, 4) is 11.8 Å². The molecule has 0 aliphatic carbocycles. The number of nitriles is 1. The van der Waals surface area contributed by atoms with Gasteiger partial charge in [-0.1, -0.05) is 15.9 Å². The number of aromatic hydroxyl groups is 1. The number of phenolic OH excluding ortho intramolecular Hbond substituents is 1. The fourth-order valence-corrected chi connectivity index (χ4v) is 1.42. The van der Waals surface area contributed by atoms with Crippen LogP contribution in [0.1, 0.15) is 12.0 Å². The number of anilines is 1. The van der Waals surface area contributed by atoms with Gasteiger partial charge < -0.3 is 10.4 Å². The molecule has 0 bridgehead atoms. The minimum Gasteiger partial charge on any atom is -0.506 e. The molecule has 0 saturated heterocycles. The summed E-state index contributed by atoms with van der Waals surface area (Å²) in [6.07, 6.45) is -0.231. The Morgan fingerprint density at radius 2 is 2.33 bits per heavy atom. The summed E-state index contributed by atoms with van der Waals surface area (Å²) in [6.45, 7) is 1.76. The lowest BCUT2D eigenvalue weighted by Crippen LogP contribution is -2.11. The Morgan fingerprint density at radius 1 is 1.67 bits per heavy atom. The Labute approximate surface area is 95.7 Å². The summed E-state index contributed by atoms with van der Waals surface area (Å²) in [5.41, 5.74) is 1.06. The Morgan fingerprint density at radius 3 is 2.93 bits per heavy atom. The molecule has 1 amide bonds. The van der Waals surface area contributed by atoms with Gasteiger partial charge in [0, 0.05) is 4.47 Å².